The summed E-state index contributed by atoms with van der Waals surface area (Å²) in [6.07, 6.45) is -0.743. The molecule has 0 aliphatic rings. The second-order valence-corrected chi connectivity index (χ2v) is 6.15. The summed E-state index contributed by atoms with van der Waals surface area (Å²) in [7, 11) is 1.56. The molecular formula is C16H24N2O5. The number of nitrogens with two attached hydrogens (primary N) is 1. The van der Waals surface area contributed by atoms with Crippen LogP contribution in [0.4, 0.5) is 4.79 Å². The van der Waals surface area contributed by atoms with Gasteiger partial charge in [0.2, 0.25) is 0 Å². The van der Waals surface area contributed by atoms with Gasteiger partial charge in [-0.25, -0.2) is 9.59 Å². The molecule has 4 N–H and O–H groups in total. The molecule has 0 aliphatic heterocycles. The number of rotatable bonds is 6. The summed E-state index contributed by atoms with van der Waals surface area (Å²) >= 11 is 0. The fourth-order valence-electron chi connectivity index (χ4n) is 1.91. The molecule has 0 spiro atoms. The van der Waals surface area contributed by atoms with Crippen LogP contribution in [0.2, 0.25) is 0 Å². The standard InChI is InChI=1S/C16H24N2O5/c1-16(2,3)23-15(21)18-13(14(19)20)9-12(17)10-5-7-11(22-4)8-6-10/h5-8,12-13H,9,17H2,1-4H3,(H,18,21)(H,19,20)/t12-,13+/m0/s1. The highest BCUT2D eigenvalue weighted by Gasteiger charge is 2.26. The van der Waals surface area contributed by atoms with E-state index in [2.05, 4.69) is 5.32 Å². The van der Waals surface area contributed by atoms with Gasteiger partial charge < -0.3 is 25.6 Å². The van der Waals surface area contributed by atoms with E-state index in [1.54, 1.807) is 52.1 Å². The van der Waals surface area contributed by atoms with E-state index >= 15 is 0 Å². The van der Waals surface area contributed by atoms with E-state index in [9.17, 15) is 14.7 Å². The first kappa shape index (κ1) is 18.8. The average Bonchev–Trinajstić information content (AvgIpc) is 2.44. The maximum absolute atomic E-state index is 11.7. The summed E-state index contributed by atoms with van der Waals surface area (Å²) in [5, 5.41) is 11.6. The normalized spacial score (nSPS) is 13.8. The predicted octanol–water partition coefficient (Wildman–Crippen LogP) is 2.06. The van der Waals surface area contributed by atoms with Crippen molar-refractivity contribution in [2.24, 2.45) is 5.73 Å². The minimum Gasteiger partial charge on any atom is -0.497 e. The van der Waals surface area contributed by atoms with Crippen LogP contribution in [-0.4, -0.2) is 35.9 Å². The molecule has 1 aromatic rings. The third-order valence-corrected chi connectivity index (χ3v) is 3.02. The Bertz CT molecular complexity index is 536. The SMILES string of the molecule is COc1ccc([C@@H](N)C[C@@H](NC(=O)OC(C)(C)C)C(=O)O)cc1. The lowest BCUT2D eigenvalue weighted by Gasteiger charge is -2.23. The van der Waals surface area contributed by atoms with E-state index in [-0.39, 0.29) is 6.42 Å². The predicted molar refractivity (Wildman–Crippen MR) is 85.3 cm³/mol. The first-order valence-electron chi connectivity index (χ1n) is 7.24. The molecule has 0 aromatic heterocycles. The van der Waals surface area contributed by atoms with Gasteiger partial charge in [-0.2, -0.15) is 0 Å². The second-order valence-electron chi connectivity index (χ2n) is 6.15. The number of alkyl carbamates (subject to hydrolysis) is 1. The Hall–Kier alpha value is -2.28. The zero-order chi connectivity index (χ0) is 17.6. The fourth-order valence-corrected chi connectivity index (χ4v) is 1.91. The van der Waals surface area contributed by atoms with Crippen molar-refractivity contribution >= 4 is 12.1 Å². The summed E-state index contributed by atoms with van der Waals surface area (Å²) in [4.78, 5) is 23.0. The average molecular weight is 324 g/mol. The highest BCUT2D eigenvalue weighted by atomic mass is 16.6. The number of hydrogen-bond donors (Lipinski definition) is 3. The smallest absolute Gasteiger partial charge is 0.408 e. The molecule has 0 heterocycles. The van der Waals surface area contributed by atoms with Crippen molar-refractivity contribution in [2.45, 2.75) is 44.9 Å². The number of carboxylic acids is 1. The zero-order valence-electron chi connectivity index (χ0n) is 13.8. The van der Waals surface area contributed by atoms with Crippen LogP contribution in [0.1, 0.15) is 38.8 Å². The lowest BCUT2D eigenvalue weighted by molar-refractivity contribution is -0.139. The topological polar surface area (TPSA) is 111 Å². The summed E-state index contributed by atoms with van der Waals surface area (Å²) in [5.74, 6) is -0.484. The number of aliphatic carboxylic acids is 1. The van der Waals surface area contributed by atoms with Crippen LogP contribution in [0.3, 0.4) is 0 Å². The molecule has 7 nitrogen and oxygen atoms in total. The molecule has 7 heteroatoms. The van der Waals surface area contributed by atoms with E-state index in [1.807, 2.05) is 0 Å². The molecule has 1 rings (SSSR count). The molecular weight excluding hydrogens is 300 g/mol. The van der Waals surface area contributed by atoms with Crippen LogP contribution in [0.25, 0.3) is 0 Å². The lowest BCUT2D eigenvalue weighted by atomic mass is 10.00. The summed E-state index contributed by atoms with van der Waals surface area (Å²) < 4.78 is 10.1. The van der Waals surface area contributed by atoms with Crippen LogP contribution in [-0.2, 0) is 9.53 Å². The van der Waals surface area contributed by atoms with Gasteiger partial charge in [-0.15, -0.1) is 0 Å². The Morgan fingerprint density at radius 1 is 1.26 bits per heavy atom. The van der Waals surface area contributed by atoms with Crippen molar-refractivity contribution in [2.75, 3.05) is 7.11 Å². The number of benzene rings is 1. The Morgan fingerprint density at radius 3 is 2.26 bits per heavy atom. The molecule has 23 heavy (non-hydrogen) atoms. The van der Waals surface area contributed by atoms with E-state index in [0.29, 0.717) is 5.75 Å². The van der Waals surface area contributed by atoms with Crippen LogP contribution < -0.4 is 15.8 Å². The van der Waals surface area contributed by atoms with Gasteiger partial charge in [0.25, 0.3) is 0 Å². The minimum absolute atomic E-state index is 0.0426. The summed E-state index contributed by atoms with van der Waals surface area (Å²) in [5.41, 5.74) is 6.08. The van der Waals surface area contributed by atoms with Gasteiger partial charge in [-0.05, 0) is 44.9 Å². The highest BCUT2D eigenvalue weighted by molar-refractivity contribution is 5.80. The first-order chi connectivity index (χ1) is 10.6. The maximum atomic E-state index is 11.7. The molecule has 2 atom stereocenters. The molecule has 0 radical (unpaired) electrons. The third-order valence-electron chi connectivity index (χ3n) is 3.02. The van der Waals surface area contributed by atoms with Gasteiger partial charge >= 0.3 is 12.1 Å². The van der Waals surface area contributed by atoms with Crippen LogP contribution in [0, 0.1) is 0 Å². The Labute approximate surface area is 135 Å². The quantitative estimate of drug-likeness (QED) is 0.738. The number of amides is 1. The van der Waals surface area contributed by atoms with Crippen molar-refractivity contribution in [3.8, 4) is 5.75 Å². The Morgan fingerprint density at radius 2 is 1.83 bits per heavy atom. The number of carbonyl (C=O) groups is 2. The molecule has 0 saturated heterocycles. The van der Waals surface area contributed by atoms with Crippen molar-refractivity contribution in [3.05, 3.63) is 29.8 Å². The Balaban J connectivity index is 2.71. The van der Waals surface area contributed by atoms with Gasteiger partial charge in [0.05, 0.1) is 7.11 Å². The summed E-state index contributed by atoms with van der Waals surface area (Å²) in [6, 6.07) is 5.32. The molecule has 1 aromatic carbocycles. The van der Waals surface area contributed by atoms with Gasteiger partial charge in [0.15, 0.2) is 0 Å². The van der Waals surface area contributed by atoms with Gasteiger partial charge in [0, 0.05) is 6.04 Å². The third kappa shape index (κ3) is 6.56. The highest BCUT2D eigenvalue weighted by Crippen LogP contribution is 2.20. The molecule has 1 amide bonds. The fraction of sp³-hybridized carbons (Fsp3) is 0.500. The monoisotopic (exact) mass is 324 g/mol. The van der Waals surface area contributed by atoms with Gasteiger partial charge in [0.1, 0.15) is 17.4 Å². The van der Waals surface area contributed by atoms with Gasteiger partial charge in [-0.1, -0.05) is 12.1 Å². The first-order valence-corrected chi connectivity index (χ1v) is 7.24. The number of carbonyl (C=O) groups excluding carboxylic acids is 1. The maximum Gasteiger partial charge on any atom is 0.408 e. The number of hydrogen-bond acceptors (Lipinski definition) is 5. The summed E-state index contributed by atoms with van der Waals surface area (Å²) in [6.45, 7) is 5.10. The van der Waals surface area contributed by atoms with Crippen molar-refractivity contribution in [3.63, 3.8) is 0 Å². The van der Waals surface area contributed by atoms with E-state index in [4.69, 9.17) is 15.2 Å². The molecule has 0 saturated carbocycles. The number of methoxy groups -OCH3 is 1. The van der Waals surface area contributed by atoms with E-state index in [1.165, 1.54) is 0 Å². The Kier molecular flexibility index (Phi) is 6.38. The van der Waals surface area contributed by atoms with Crippen molar-refractivity contribution < 1.29 is 24.2 Å². The van der Waals surface area contributed by atoms with Crippen LogP contribution >= 0.6 is 0 Å². The van der Waals surface area contributed by atoms with E-state index in [0.717, 1.165) is 5.56 Å². The van der Waals surface area contributed by atoms with Crippen molar-refractivity contribution in [1.82, 2.24) is 5.32 Å². The molecule has 128 valence electrons. The van der Waals surface area contributed by atoms with Gasteiger partial charge in [-0.3, -0.25) is 0 Å². The minimum atomic E-state index is -1.17. The number of ether oxygens (including phenoxy) is 2. The second kappa shape index (κ2) is 7.82. The number of carboxylic acid groups (broad SMARTS) is 1. The number of nitrogens with one attached hydrogen (secondary N) is 1. The largest absolute Gasteiger partial charge is 0.497 e. The van der Waals surface area contributed by atoms with Crippen LogP contribution in [0.5, 0.6) is 5.75 Å². The molecule has 0 aliphatic carbocycles. The molecule has 0 bridgehead atoms. The molecule has 0 fully saturated rings. The molecule has 0 unspecified atom stereocenters. The van der Waals surface area contributed by atoms with Crippen molar-refractivity contribution in [1.29, 1.82) is 0 Å². The lowest BCUT2D eigenvalue weighted by Crippen LogP contribution is -2.44. The zero-order valence-corrected chi connectivity index (χ0v) is 13.8. The van der Waals surface area contributed by atoms with Crippen LogP contribution in [0.15, 0.2) is 24.3 Å². The van der Waals surface area contributed by atoms with E-state index < -0.39 is 29.7 Å².